The molecule has 1 aromatic carbocycles. The maximum absolute atomic E-state index is 4.13. The molecule has 2 rings (SSSR count). The Morgan fingerprint density at radius 1 is 1.43 bits per heavy atom. The molecule has 2 aromatic rings. The molecule has 0 bridgehead atoms. The quantitative estimate of drug-likeness (QED) is 0.788. The minimum absolute atomic E-state index is 0.570. The summed E-state index contributed by atoms with van der Waals surface area (Å²) in [7, 11) is 0. The van der Waals surface area contributed by atoms with Gasteiger partial charge in [0.2, 0.25) is 0 Å². The molecule has 14 heavy (non-hydrogen) atoms. The van der Waals surface area contributed by atoms with Gasteiger partial charge in [0.15, 0.2) is 0 Å². The summed E-state index contributed by atoms with van der Waals surface area (Å²) in [6.45, 7) is 3.09. The van der Waals surface area contributed by atoms with Gasteiger partial charge in [-0.25, -0.2) is 4.68 Å². The van der Waals surface area contributed by atoms with Crippen LogP contribution in [-0.2, 0) is 6.54 Å². The van der Waals surface area contributed by atoms with Crippen LogP contribution in [0, 0.1) is 5.92 Å². The number of para-hydroxylation sites is 1. The van der Waals surface area contributed by atoms with E-state index in [-0.39, 0.29) is 0 Å². The average molecular weight is 254 g/mol. The van der Waals surface area contributed by atoms with Crippen LogP contribution in [0.25, 0.3) is 11.0 Å². The average Bonchev–Trinajstić information content (AvgIpc) is 2.62. The molecule has 0 aliphatic heterocycles. The fraction of sp³-hybridized carbons (Fsp3) is 0.400. The molecule has 0 amide bonds. The molecule has 74 valence electrons. The number of rotatable bonds is 3. The SMILES string of the molecule is CC(CBr)Cn1nnc2ccccc21. The molecule has 1 heterocycles. The van der Waals surface area contributed by atoms with Crippen molar-refractivity contribution in [3.63, 3.8) is 0 Å². The maximum Gasteiger partial charge on any atom is 0.113 e. The normalized spacial score (nSPS) is 13.3. The number of hydrogen-bond acceptors (Lipinski definition) is 2. The van der Waals surface area contributed by atoms with Crippen molar-refractivity contribution in [3.05, 3.63) is 24.3 Å². The second-order valence-corrected chi connectivity index (χ2v) is 4.17. The van der Waals surface area contributed by atoms with Crippen LogP contribution >= 0.6 is 15.9 Å². The second-order valence-electron chi connectivity index (χ2n) is 3.52. The third kappa shape index (κ3) is 1.80. The van der Waals surface area contributed by atoms with Crippen LogP contribution in [0.2, 0.25) is 0 Å². The van der Waals surface area contributed by atoms with Gasteiger partial charge in [-0.3, -0.25) is 0 Å². The molecule has 1 unspecified atom stereocenters. The Labute approximate surface area is 91.2 Å². The van der Waals surface area contributed by atoms with Gasteiger partial charge in [0.1, 0.15) is 5.52 Å². The molecule has 0 aliphatic carbocycles. The van der Waals surface area contributed by atoms with Crippen molar-refractivity contribution < 1.29 is 0 Å². The summed E-state index contributed by atoms with van der Waals surface area (Å²) in [6, 6.07) is 8.03. The molecule has 0 spiro atoms. The summed E-state index contributed by atoms with van der Waals surface area (Å²) in [4.78, 5) is 0. The van der Waals surface area contributed by atoms with Gasteiger partial charge in [-0.15, -0.1) is 5.10 Å². The number of hydrogen-bond donors (Lipinski definition) is 0. The van der Waals surface area contributed by atoms with Crippen molar-refractivity contribution in [2.24, 2.45) is 5.92 Å². The van der Waals surface area contributed by atoms with Crippen LogP contribution in [0.5, 0.6) is 0 Å². The summed E-state index contributed by atoms with van der Waals surface area (Å²) in [6.07, 6.45) is 0. The van der Waals surface area contributed by atoms with Crippen molar-refractivity contribution >= 4 is 27.0 Å². The lowest BCUT2D eigenvalue weighted by Gasteiger charge is -2.07. The van der Waals surface area contributed by atoms with Crippen LogP contribution in [-0.4, -0.2) is 20.3 Å². The Balaban J connectivity index is 2.33. The summed E-state index contributed by atoms with van der Waals surface area (Å²) < 4.78 is 1.96. The van der Waals surface area contributed by atoms with Crippen molar-refractivity contribution in [1.82, 2.24) is 15.0 Å². The maximum atomic E-state index is 4.13. The van der Waals surface area contributed by atoms with Gasteiger partial charge in [-0.05, 0) is 18.1 Å². The van der Waals surface area contributed by atoms with Gasteiger partial charge in [-0.1, -0.05) is 40.2 Å². The highest BCUT2D eigenvalue weighted by atomic mass is 79.9. The summed E-state index contributed by atoms with van der Waals surface area (Å²) in [5, 5.41) is 9.22. The number of benzene rings is 1. The molecule has 0 saturated heterocycles. The molecule has 0 saturated carbocycles. The largest absolute Gasteiger partial charge is 0.244 e. The minimum Gasteiger partial charge on any atom is -0.244 e. The van der Waals surface area contributed by atoms with E-state index < -0.39 is 0 Å². The Morgan fingerprint density at radius 3 is 3.00 bits per heavy atom. The van der Waals surface area contributed by atoms with Gasteiger partial charge in [0, 0.05) is 11.9 Å². The zero-order chi connectivity index (χ0) is 9.97. The number of halogens is 1. The van der Waals surface area contributed by atoms with E-state index in [0.29, 0.717) is 5.92 Å². The molecule has 0 radical (unpaired) electrons. The zero-order valence-electron chi connectivity index (χ0n) is 8.02. The highest BCUT2D eigenvalue weighted by molar-refractivity contribution is 9.09. The number of alkyl halides is 1. The lowest BCUT2D eigenvalue weighted by molar-refractivity contribution is 0.491. The highest BCUT2D eigenvalue weighted by Crippen LogP contribution is 2.12. The molecule has 1 aromatic heterocycles. The van der Waals surface area contributed by atoms with Crippen molar-refractivity contribution in [2.75, 3.05) is 5.33 Å². The third-order valence-electron chi connectivity index (χ3n) is 2.17. The molecule has 1 atom stereocenters. The van der Waals surface area contributed by atoms with E-state index in [9.17, 15) is 0 Å². The summed E-state index contributed by atoms with van der Waals surface area (Å²) >= 11 is 3.46. The molecule has 0 N–H and O–H groups in total. The highest BCUT2D eigenvalue weighted by Gasteiger charge is 2.06. The predicted molar refractivity (Wildman–Crippen MR) is 60.5 cm³/mol. The number of nitrogens with zero attached hydrogens (tertiary/aromatic N) is 3. The molecule has 0 aliphatic rings. The first-order valence-electron chi connectivity index (χ1n) is 4.65. The fourth-order valence-corrected chi connectivity index (χ4v) is 1.60. The van der Waals surface area contributed by atoms with E-state index in [4.69, 9.17) is 0 Å². The van der Waals surface area contributed by atoms with Crippen molar-refractivity contribution in [1.29, 1.82) is 0 Å². The van der Waals surface area contributed by atoms with Gasteiger partial charge in [0.25, 0.3) is 0 Å². The van der Waals surface area contributed by atoms with Crippen LogP contribution in [0.3, 0.4) is 0 Å². The first-order valence-corrected chi connectivity index (χ1v) is 5.77. The third-order valence-corrected chi connectivity index (χ3v) is 3.27. The van der Waals surface area contributed by atoms with E-state index >= 15 is 0 Å². The van der Waals surface area contributed by atoms with E-state index in [1.807, 2.05) is 22.9 Å². The van der Waals surface area contributed by atoms with E-state index in [1.54, 1.807) is 0 Å². The Bertz CT molecular complexity index is 424. The molecule has 4 heteroatoms. The Morgan fingerprint density at radius 2 is 2.21 bits per heavy atom. The smallest absolute Gasteiger partial charge is 0.113 e. The van der Waals surface area contributed by atoms with Gasteiger partial charge < -0.3 is 0 Å². The number of fused-ring (bicyclic) bond motifs is 1. The molecular formula is C10H12BrN3. The Hall–Kier alpha value is -0.900. The van der Waals surface area contributed by atoms with E-state index in [0.717, 1.165) is 22.9 Å². The van der Waals surface area contributed by atoms with Crippen LogP contribution in [0.1, 0.15) is 6.92 Å². The summed E-state index contributed by atoms with van der Waals surface area (Å²) in [5.74, 6) is 0.570. The van der Waals surface area contributed by atoms with E-state index in [1.165, 1.54) is 0 Å². The fourth-order valence-electron chi connectivity index (χ4n) is 1.40. The molecule has 0 fully saturated rings. The van der Waals surface area contributed by atoms with Crippen LogP contribution in [0.15, 0.2) is 24.3 Å². The summed E-state index contributed by atoms with van der Waals surface area (Å²) in [5.41, 5.74) is 2.08. The van der Waals surface area contributed by atoms with E-state index in [2.05, 4.69) is 39.2 Å². The van der Waals surface area contributed by atoms with Gasteiger partial charge in [-0.2, -0.15) is 0 Å². The van der Waals surface area contributed by atoms with Crippen LogP contribution < -0.4 is 0 Å². The first-order chi connectivity index (χ1) is 6.81. The van der Waals surface area contributed by atoms with Gasteiger partial charge in [0.05, 0.1) is 5.52 Å². The second kappa shape index (κ2) is 4.09. The number of aromatic nitrogens is 3. The standard InChI is InChI=1S/C10H12BrN3/c1-8(6-11)7-14-10-5-3-2-4-9(10)12-13-14/h2-5,8H,6-7H2,1H3. The zero-order valence-corrected chi connectivity index (χ0v) is 9.61. The Kier molecular flexibility index (Phi) is 2.82. The lowest BCUT2D eigenvalue weighted by atomic mass is 10.2. The topological polar surface area (TPSA) is 30.7 Å². The molecular weight excluding hydrogens is 242 g/mol. The van der Waals surface area contributed by atoms with Crippen molar-refractivity contribution in [3.8, 4) is 0 Å². The first kappa shape index (κ1) is 9.65. The van der Waals surface area contributed by atoms with Crippen molar-refractivity contribution in [2.45, 2.75) is 13.5 Å². The lowest BCUT2D eigenvalue weighted by Crippen LogP contribution is -2.09. The monoisotopic (exact) mass is 253 g/mol. The van der Waals surface area contributed by atoms with Crippen LogP contribution in [0.4, 0.5) is 0 Å². The molecule has 3 nitrogen and oxygen atoms in total. The minimum atomic E-state index is 0.570. The predicted octanol–water partition coefficient (Wildman–Crippen LogP) is 2.46. The van der Waals surface area contributed by atoms with Gasteiger partial charge >= 0.3 is 0 Å².